The summed E-state index contributed by atoms with van der Waals surface area (Å²) in [7, 11) is 0. The quantitative estimate of drug-likeness (QED) is 0.759. The normalized spacial score (nSPS) is 10.2. The molecule has 4 N–H and O–H groups in total. The molecule has 120 valence electrons. The molecule has 2 aromatic rings. The Morgan fingerprint density at radius 3 is 2.17 bits per heavy atom. The van der Waals surface area contributed by atoms with Crippen LogP contribution in [0.3, 0.4) is 0 Å². The lowest BCUT2D eigenvalue weighted by atomic mass is 10.2. The molecule has 5 nitrogen and oxygen atoms in total. The fourth-order valence-electron chi connectivity index (χ4n) is 1.97. The van der Waals surface area contributed by atoms with Gasteiger partial charge in [-0.1, -0.05) is 23.7 Å². The van der Waals surface area contributed by atoms with Crippen LogP contribution >= 0.6 is 11.6 Å². The van der Waals surface area contributed by atoms with Crippen molar-refractivity contribution in [3.05, 3.63) is 59.1 Å². The van der Waals surface area contributed by atoms with Gasteiger partial charge in [-0.3, -0.25) is 9.59 Å². The molecule has 0 unspecified atom stereocenters. The predicted octanol–water partition coefficient (Wildman–Crippen LogP) is 3.27. The molecule has 0 aliphatic rings. The minimum atomic E-state index is -0.273. The first kappa shape index (κ1) is 17.0. The first-order chi connectivity index (χ1) is 11.1. The maximum atomic E-state index is 12.3. The van der Waals surface area contributed by atoms with Crippen LogP contribution in [-0.4, -0.2) is 18.4 Å². The second-order valence-electron chi connectivity index (χ2n) is 4.95. The zero-order valence-corrected chi connectivity index (χ0v) is 13.3. The second-order valence-corrected chi connectivity index (χ2v) is 5.38. The number of nitrogens with two attached hydrogens (primary N) is 1. The Morgan fingerprint density at radius 2 is 1.57 bits per heavy atom. The Kier molecular flexibility index (Phi) is 6.14. The molecule has 0 atom stereocenters. The molecule has 2 aromatic carbocycles. The van der Waals surface area contributed by atoms with E-state index in [0.29, 0.717) is 41.3 Å². The Hall–Kier alpha value is -2.37. The van der Waals surface area contributed by atoms with Crippen molar-refractivity contribution in [3.63, 3.8) is 0 Å². The van der Waals surface area contributed by atoms with Crippen molar-refractivity contribution in [1.82, 2.24) is 0 Å². The number of benzene rings is 2. The van der Waals surface area contributed by atoms with Crippen molar-refractivity contribution >= 4 is 34.8 Å². The van der Waals surface area contributed by atoms with Crippen LogP contribution in [0.1, 0.15) is 23.2 Å². The molecular formula is C17H18ClN3O2. The summed E-state index contributed by atoms with van der Waals surface area (Å²) >= 11 is 5.81. The molecule has 2 amide bonds. The molecule has 0 radical (unpaired) electrons. The van der Waals surface area contributed by atoms with E-state index in [4.69, 9.17) is 17.3 Å². The zero-order valence-electron chi connectivity index (χ0n) is 12.5. The Morgan fingerprint density at radius 1 is 0.957 bits per heavy atom. The monoisotopic (exact) mass is 331 g/mol. The van der Waals surface area contributed by atoms with Crippen LogP contribution in [-0.2, 0) is 4.79 Å². The van der Waals surface area contributed by atoms with Crippen LogP contribution in [0.2, 0.25) is 5.02 Å². The van der Waals surface area contributed by atoms with Crippen molar-refractivity contribution in [3.8, 4) is 0 Å². The molecule has 2 rings (SSSR count). The van der Waals surface area contributed by atoms with Crippen molar-refractivity contribution in [2.24, 2.45) is 5.73 Å². The number of carbonyl (C=O) groups is 2. The van der Waals surface area contributed by atoms with Crippen LogP contribution < -0.4 is 16.4 Å². The Balaban J connectivity index is 2.09. The van der Waals surface area contributed by atoms with Gasteiger partial charge >= 0.3 is 0 Å². The minimum absolute atomic E-state index is 0.136. The van der Waals surface area contributed by atoms with E-state index in [0.717, 1.165) is 0 Å². The van der Waals surface area contributed by atoms with E-state index in [-0.39, 0.29) is 11.8 Å². The molecule has 6 heteroatoms. The van der Waals surface area contributed by atoms with Crippen LogP contribution in [0.4, 0.5) is 11.4 Å². The topological polar surface area (TPSA) is 84.2 Å². The lowest BCUT2D eigenvalue weighted by molar-refractivity contribution is -0.116. The van der Waals surface area contributed by atoms with Crippen LogP contribution in [0.15, 0.2) is 48.5 Å². The smallest absolute Gasteiger partial charge is 0.255 e. The highest BCUT2D eigenvalue weighted by molar-refractivity contribution is 6.30. The summed E-state index contributed by atoms with van der Waals surface area (Å²) in [6.45, 7) is 0.461. The molecule has 0 aliphatic heterocycles. The molecule has 23 heavy (non-hydrogen) atoms. The zero-order chi connectivity index (χ0) is 16.7. The maximum absolute atomic E-state index is 12.3. The predicted molar refractivity (Wildman–Crippen MR) is 92.8 cm³/mol. The van der Waals surface area contributed by atoms with Crippen molar-refractivity contribution in [2.75, 3.05) is 17.2 Å². The van der Waals surface area contributed by atoms with Gasteiger partial charge in [-0.05, 0) is 49.4 Å². The molecule has 0 heterocycles. The van der Waals surface area contributed by atoms with E-state index in [1.54, 1.807) is 48.5 Å². The van der Waals surface area contributed by atoms with Crippen LogP contribution in [0.25, 0.3) is 0 Å². The number of rotatable bonds is 6. The van der Waals surface area contributed by atoms with Gasteiger partial charge in [0.15, 0.2) is 0 Å². The van der Waals surface area contributed by atoms with E-state index >= 15 is 0 Å². The highest BCUT2D eigenvalue weighted by Gasteiger charge is 2.10. The summed E-state index contributed by atoms with van der Waals surface area (Å²) in [5.41, 5.74) is 6.97. The third-order valence-electron chi connectivity index (χ3n) is 3.16. The highest BCUT2D eigenvalue weighted by atomic mass is 35.5. The molecule has 0 bridgehead atoms. The van der Waals surface area contributed by atoms with Gasteiger partial charge in [0.05, 0.1) is 11.4 Å². The number of hydrogen-bond acceptors (Lipinski definition) is 3. The van der Waals surface area contributed by atoms with Gasteiger partial charge in [0.2, 0.25) is 5.91 Å². The SMILES string of the molecule is NCCCC(=O)Nc1ccccc1NC(=O)c1ccc(Cl)cc1. The van der Waals surface area contributed by atoms with E-state index in [2.05, 4.69) is 10.6 Å². The van der Waals surface area contributed by atoms with E-state index in [9.17, 15) is 9.59 Å². The largest absolute Gasteiger partial charge is 0.330 e. The summed E-state index contributed by atoms with van der Waals surface area (Å²) < 4.78 is 0. The number of amides is 2. The van der Waals surface area contributed by atoms with Gasteiger partial charge in [-0.15, -0.1) is 0 Å². The first-order valence-electron chi connectivity index (χ1n) is 7.26. The van der Waals surface area contributed by atoms with Gasteiger partial charge in [0, 0.05) is 17.0 Å². The van der Waals surface area contributed by atoms with Gasteiger partial charge in [0.1, 0.15) is 0 Å². The lowest BCUT2D eigenvalue weighted by Gasteiger charge is -2.12. The van der Waals surface area contributed by atoms with Crippen LogP contribution in [0.5, 0.6) is 0 Å². The first-order valence-corrected chi connectivity index (χ1v) is 7.64. The lowest BCUT2D eigenvalue weighted by Crippen LogP contribution is -2.17. The number of carbonyl (C=O) groups excluding carboxylic acids is 2. The summed E-state index contributed by atoms with van der Waals surface area (Å²) in [6, 6.07) is 13.6. The minimum Gasteiger partial charge on any atom is -0.330 e. The molecule has 0 saturated heterocycles. The van der Waals surface area contributed by atoms with Gasteiger partial charge in [-0.2, -0.15) is 0 Å². The number of hydrogen-bond donors (Lipinski definition) is 3. The van der Waals surface area contributed by atoms with Crippen molar-refractivity contribution in [2.45, 2.75) is 12.8 Å². The van der Waals surface area contributed by atoms with Gasteiger partial charge in [0.25, 0.3) is 5.91 Å². The summed E-state index contributed by atoms with van der Waals surface area (Å²) in [4.78, 5) is 24.1. The molecule has 0 fully saturated rings. The average Bonchev–Trinajstić information content (AvgIpc) is 2.55. The van der Waals surface area contributed by atoms with Crippen LogP contribution in [0, 0.1) is 0 Å². The number of anilines is 2. The number of halogens is 1. The molecule has 0 aromatic heterocycles. The van der Waals surface area contributed by atoms with Gasteiger partial charge in [-0.25, -0.2) is 0 Å². The molecular weight excluding hydrogens is 314 g/mol. The Labute approximate surface area is 139 Å². The Bertz CT molecular complexity index is 686. The summed E-state index contributed by atoms with van der Waals surface area (Å²) in [5.74, 6) is -0.408. The number of para-hydroxylation sites is 2. The molecule has 0 aliphatic carbocycles. The summed E-state index contributed by atoms with van der Waals surface area (Å²) in [5, 5.41) is 6.13. The van der Waals surface area contributed by atoms with E-state index < -0.39 is 0 Å². The number of nitrogens with one attached hydrogen (secondary N) is 2. The second kappa shape index (κ2) is 8.31. The summed E-state index contributed by atoms with van der Waals surface area (Å²) in [6.07, 6.45) is 0.959. The highest BCUT2D eigenvalue weighted by Crippen LogP contribution is 2.22. The molecule has 0 saturated carbocycles. The maximum Gasteiger partial charge on any atom is 0.255 e. The van der Waals surface area contributed by atoms with Crippen molar-refractivity contribution < 1.29 is 9.59 Å². The van der Waals surface area contributed by atoms with Crippen molar-refractivity contribution in [1.29, 1.82) is 0 Å². The fourth-order valence-corrected chi connectivity index (χ4v) is 2.10. The van der Waals surface area contributed by atoms with E-state index in [1.807, 2.05) is 0 Å². The average molecular weight is 332 g/mol. The fraction of sp³-hybridized carbons (Fsp3) is 0.176. The standard InChI is InChI=1S/C17H18ClN3O2/c18-13-9-7-12(8-10-13)17(23)21-15-5-2-1-4-14(15)20-16(22)6-3-11-19/h1-2,4-5,7-10H,3,6,11,19H2,(H,20,22)(H,21,23). The molecule has 0 spiro atoms. The van der Waals surface area contributed by atoms with E-state index in [1.165, 1.54) is 0 Å². The third kappa shape index (κ3) is 5.09. The van der Waals surface area contributed by atoms with Gasteiger partial charge < -0.3 is 16.4 Å². The third-order valence-corrected chi connectivity index (χ3v) is 3.42.